The number of nitrogens with one attached hydrogen (secondary N) is 3. The van der Waals surface area contributed by atoms with Gasteiger partial charge in [-0.3, -0.25) is 4.79 Å². The maximum absolute atomic E-state index is 15.6. The lowest BCUT2D eigenvalue weighted by atomic mass is 9.76. The third-order valence-electron chi connectivity index (χ3n) is 9.55. The van der Waals surface area contributed by atoms with Crippen molar-refractivity contribution in [3.8, 4) is 0 Å². The summed E-state index contributed by atoms with van der Waals surface area (Å²) in [7, 11) is -2.91. The van der Waals surface area contributed by atoms with Gasteiger partial charge in [-0.1, -0.05) is 41.9 Å². The van der Waals surface area contributed by atoms with Gasteiger partial charge in [-0.05, 0) is 80.5 Å². The van der Waals surface area contributed by atoms with E-state index in [0.29, 0.717) is 37.6 Å². The van der Waals surface area contributed by atoms with Crippen LogP contribution in [0.25, 0.3) is 0 Å². The molecule has 2 fully saturated rings. The molecule has 0 spiro atoms. The summed E-state index contributed by atoms with van der Waals surface area (Å²) < 4.78 is 81.3. The Morgan fingerprint density at radius 1 is 1.02 bits per heavy atom. The molecule has 3 aromatic carbocycles. The smallest absolute Gasteiger partial charge is 0.407 e. The van der Waals surface area contributed by atoms with Gasteiger partial charge in [0, 0.05) is 66.1 Å². The molecule has 2 heterocycles. The molecule has 0 radical (unpaired) electrons. The van der Waals surface area contributed by atoms with Crippen molar-refractivity contribution in [1.29, 1.82) is 0 Å². The molecule has 2 aliphatic rings. The highest BCUT2D eigenvalue weighted by atomic mass is 35.5. The third kappa shape index (κ3) is 9.22. The number of alkyl halides is 2. The molecule has 3 aromatic rings. The number of benzene rings is 3. The summed E-state index contributed by atoms with van der Waals surface area (Å²) in [5.74, 6) is -1.76. The second kappa shape index (κ2) is 17.2. The van der Waals surface area contributed by atoms with Crippen LogP contribution in [0, 0.1) is 11.7 Å². The first-order valence-corrected chi connectivity index (χ1v) is 18.6. The maximum Gasteiger partial charge on any atom is 0.407 e. The Morgan fingerprint density at radius 2 is 1.69 bits per heavy atom. The highest BCUT2D eigenvalue weighted by Crippen LogP contribution is 2.37. The van der Waals surface area contributed by atoms with Crippen molar-refractivity contribution in [2.24, 2.45) is 5.92 Å². The van der Waals surface area contributed by atoms with E-state index in [-0.39, 0.29) is 47.0 Å². The Balaban J connectivity index is 1.41. The molecule has 276 valence electrons. The van der Waals surface area contributed by atoms with E-state index in [1.165, 1.54) is 35.7 Å². The molecule has 2 aliphatic heterocycles. The van der Waals surface area contributed by atoms with E-state index >= 15 is 4.39 Å². The van der Waals surface area contributed by atoms with Crippen LogP contribution in [0.3, 0.4) is 0 Å². The van der Waals surface area contributed by atoms with Crippen molar-refractivity contribution >= 4 is 39.3 Å². The molecule has 0 saturated carbocycles. The van der Waals surface area contributed by atoms with Gasteiger partial charge in [0.2, 0.25) is 15.9 Å². The van der Waals surface area contributed by atoms with E-state index < -0.39 is 58.3 Å². The van der Waals surface area contributed by atoms with Crippen LogP contribution >= 0.6 is 11.6 Å². The van der Waals surface area contributed by atoms with Crippen molar-refractivity contribution in [1.82, 2.24) is 14.9 Å². The number of nitrogens with zero attached hydrogens (tertiary/aromatic N) is 1. The van der Waals surface area contributed by atoms with Crippen LogP contribution in [-0.4, -0.2) is 76.3 Å². The zero-order chi connectivity index (χ0) is 36.7. The van der Waals surface area contributed by atoms with Crippen molar-refractivity contribution in [3.05, 3.63) is 94.3 Å². The van der Waals surface area contributed by atoms with E-state index in [1.54, 1.807) is 25.1 Å². The Bertz CT molecular complexity index is 1760. The number of sulfonamides is 1. The van der Waals surface area contributed by atoms with Gasteiger partial charge < -0.3 is 25.4 Å². The van der Waals surface area contributed by atoms with Crippen LogP contribution in [0.1, 0.15) is 55.2 Å². The first-order chi connectivity index (χ1) is 24.4. The molecular weight excluding hydrogens is 709 g/mol. The van der Waals surface area contributed by atoms with Crippen molar-refractivity contribution < 1.29 is 40.7 Å². The largest absolute Gasteiger partial charge is 0.453 e. The molecule has 1 unspecified atom stereocenters. The van der Waals surface area contributed by atoms with Crippen LogP contribution in [0.4, 0.5) is 23.7 Å². The number of rotatable bonds is 12. The van der Waals surface area contributed by atoms with Gasteiger partial charge in [-0.15, -0.1) is 0 Å². The topological polar surface area (TPSA) is 126 Å². The average Bonchev–Trinajstić information content (AvgIpc) is 3.12. The van der Waals surface area contributed by atoms with Crippen molar-refractivity contribution in [2.45, 2.75) is 68.0 Å². The molecule has 3 N–H and O–H groups in total. The van der Waals surface area contributed by atoms with Gasteiger partial charge in [-0.2, -0.15) is 4.31 Å². The number of carbonyl (C=O) groups is 2. The maximum atomic E-state index is 15.6. The number of amides is 2. The second-order valence-electron chi connectivity index (χ2n) is 12.8. The molecule has 10 nitrogen and oxygen atoms in total. The van der Waals surface area contributed by atoms with E-state index in [0.717, 1.165) is 17.7 Å². The Morgan fingerprint density at radius 3 is 2.33 bits per heavy atom. The molecule has 0 aromatic heterocycles. The summed E-state index contributed by atoms with van der Waals surface area (Å²) in [6.45, 7) is 3.34. The second-order valence-corrected chi connectivity index (χ2v) is 15.1. The summed E-state index contributed by atoms with van der Waals surface area (Å²) in [6, 6.07) is 13.6. The minimum Gasteiger partial charge on any atom is -0.453 e. The van der Waals surface area contributed by atoms with Gasteiger partial charge in [0.05, 0.1) is 12.0 Å². The van der Waals surface area contributed by atoms with E-state index in [4.69, 9.17) is 21.1 Å². The van der Waals surface area contributed by atoms with Crippen molar-refractivity contribution in [2.75, 3.05) is 38.7 Å². The van der Waals surface area contributed by atoms with Crippen molar-refractivity contribution in [3.63, 3.8) is 0 Å². The SMILES string of the molecule is COC(=O)N[C@H](C(=O)Nc1cccc(F)c1CC[C@H]1CNC[C@@H](C)N1S(=O)(=O)c1ccc(C(F)F)cc1)C(c1ccc(Cl)cc1)C1CCOCC1. The van der Waals surface area contributed by atoms with Gasteiger partial charge in [0.1, 0.15) is 11.9 Å². The van der Waals surface area contributed by atoms with Gasteiger partial charge in [0.25, 0.3) is 6.43 Å². The van der Waals surface area contributed by atoms with Gasteiger partial charge in [-0.25, -0.2) is 26.4 Å². The standard InChI is InChI=1S/C36H42ClF3N4O6S/c1-22-20-41-21-27(44(22)51(47,48)28-13-8-25(9-14-28)34(39)40)12-15-29-30(38)4-3-5-31(29)42-35(45)33(43-36(46)49-2)32(24-16-18-50-19-17-24)23-6-10-26(37)11-7-23/h3-11,13-14,22,24,27,32-34,41H,12,15-21H2,1-2H3,(H,42,45)(H,43,46)/t22-,27+,32?,33+/m1/s1. The number of alkyl carbamates (subject to hydrolysis) is 1. The fraction of sp³-hybridized carbons (Fsp3) is 0.444. The first kappa shape index (κ1) is 38.5. The lowest BCUT2D eigenvalue weighted by molar-refractivity contribution is -0.119. The predicted molar refractivity (Wildman–Crippen MR) is 187 cm³/mol. The minimum atomic E-state index is -4.11. The summed E-state index contributed by atoms with van der Waals surface area (Å²) in [4.78, 5) is 26.7. The van der Waals surface area contributed by atoms with Crippen LogP contribution in [-0.2, 0) is 30.7 Å². The first-order valence-electron chi connectivity index (χ1n) is 16.8. The van der Waals surface area contributed by atoms with Gasteiger partial charge in [0.15, 0.2) is 0 Å². The Kier molecular flexibility index (Phi) is 13.0. The molecule has 2 amide bonds. The zero-order valence-electron chi connectivity index (χ0n) is 28.3. The lowest BCUT2D eigenvalue weighted by Crippen LogP contribution is -2.58. The molecular formula is C36H42ClF3N4O6S. The normalized spacial score (nSPS) is 20.1. The number of ether oxygens (including phenoxy) is 2. The molecule has 4 atom stereocenters. The van der Waals surface area contributed by atoms with Gasteiger partial charge >= 0.3 is 6.09 Å². The molecule has 0 bridgehead atoms. The fourth-order valence-corrected chi connectivity index (χ4v) is 8.99. The molecule has 5 rings (SSSR count). The number of piperazine rings is 1. The van der Waals surface area contributed by atoms with Crippen LogP contribution in [0.15, 0.2) is 71.6 Å². The number of halogens is 4. The predicted octanol–water partition coefficient (Wildman–Crippen LogP) is 6.27. The van der Waals surface area contributed by atoms with E-state index in [1.807, 2.05) is 12.1 Å². The molecule has 51 heavy (non-hydrogen) atoms. The molecule has 0 aliphatic carbocycles. The summed E-state index contributed by atoms with van der Waals surface area (Å²) >= 11 is 6.18. The fourth-order valence-electron chi connectivity index (χ4n) is 7.02. The quantitative estimate of drug-likeness (QED) is 0.199. The van der Waals surface area contributed by atoms with Crippen LogP contribution in [0.2, 0.25) is 5.02 Å². The molecule has 15 heteroatoms. The Labute approximate surface area is 301 Å². The summed E-state index contributed by atoms with van der Waals surface area (Å²) in [6.07, 6.45) is -2.06. The monoisotopic (exact) mass is 750 g/mol. The summed E-state index contributed by atoms with van der Waals surface area (Å²) in [5.41, 5.74) is 0.816. The highest BCUT2D eigenvalue weighted by Gasteiger charge is 2.40. The van der Waals surface area contributed by atoms with E-state index in [9.17, 15) is 26.8 Å². The lowest BCUT2D eigenvalue weighted by Gasteiger charge is -2.40. The number of hydrogen-bond donors (Lipinski definition) is 3. The number of hydrogen-bond acceptors (Lipinski definition) is 7. The van der Waals surface area contributed by atoms with E-state index in [2.05, 4.69) is 16.0 Å². The highest BCUT2D eigenvalue weighted by molar-refractivity contribution is 7.89. The number of methoxy groups -OCH3 is 1. The average molecular weight is 751 g/mol. The zero-order valence-corrected chi connectivity index (χ0v) is 29.9. The number of carbonyl (C=O) groups excluding carboxylic acids is 2. The Hall–Kier alpha value is -3.69. The number of anilines is 1. The van der Waals surface area contributed by atoms with Crippen LogP contribution < -0.4 is 16.0 Å². The third-order valence-corrected chi connectivity index (χ3v) is 11.9. The minimum absolute atomic E-state index is 0.0490. The van der Waals surface area contributed by atoms with Crippen LogP contribution in [0.5, 0.6) is 0 Å². The molecule has 2 saturated heterocycles. The summed E-state index contributed by atoms with van der Waals surface area (Å²) in [5, 5.41) is 9.28.